The third kappa shape index (κ3) is 3.37. The van der Waals surface area contributed by atoms with E-state index in [-0.39, 0.29) is 30.1 Å². The smallest absolute Gasteiger partial charge is 0.242 e. The Morgan fingerprint density at radius 2 is 2.08 bits per heavy atom. The molecule has 3 rings (SSSR count). The molecular formula is C18H24FN3O2. The molecule has 2 heterocycles. The molecule has 6 heteroatoms. The number of halogens is 1. The standard InChI is InChI=1S/C18H24FN3O2/c1-12-8-15(19)9-13-4-2-7-22(17(12)13)11-16(23)21-6-3-5-14(10-21)18(20)24/h8-9,14H,2-7,10-11H2,1H3,(H2,20,24). The Hall–Kier alpha value is -2.11. The number of amides is 2. The summed E-state index contributed by atoms with van der Waals surface area (Å²) in [5.41, 5.74) is 8.21. The third-order valence-electron chi connectivity index (χ3n) is 5.04. The lowest BCUT2D eigenvalue weighted by Crippen LogP contribution is -2.48. The SMILES string of the molecule is Cc1cc(F)cc2c1N(CC(=O)N1CCCC(C(N)=O)C1)CCC2. The molecule has 2 N–H and O–H groups in total. The summed E-state index contributed by atoms with van der Waals surface area (Å²) < 4.78 is 13.6. The van der Waals surface area contributed by atoms with Gasteiger partial charge in [-0.2, -0.15) is 0 Å². The molecule has 2 amide bonds. The molecule has 24 heavy (non-hydrogen) atoms. The van der Waals surface area contributed by atoms with Crippen molar-refractivity contribution < 1.29 is 14.0 Å². The largest absolute Gasteiger partial charge is 0.369 e. The molecule has 0 aromatic heterocycles. The Kier molecular flexibility index (Phi) is 4.73. The number of nitrogens with zero attached hydrogens (tertiary/aromatic N) is 2. The third-order valence-corrected chi connectivity index (χ3v) is 5.04. The number of piperidine rings is 1. The predicted octanol–water partition coefficient (Wildman–Crippen LogP) is 1.61. The maximum atomic E-state index is 13.6. The number of carbonyl (C=O) groups is 2. The molecule has 1 unspecified atom stereocenters. The van der Waals surface area contributed by atoms with Gasteiger partial charge in [0.15, 0.2) is 0 Å². The van der Waals surface area contributed by atoms with Crippen LogP contribution in [0.25, 0.3) is 0 Å². The van der Waals surface area contributed by atoms with Gasteiger partial charge in [-0.1, -0.05) is 0 Å². The van der Waals surface area contributed by atoms with Crippen LogP contribution >= 0.6 is 0 Å². The van der Waals surface area contributed by atoms with Crippen LogP contribution in [0.15, 0.2) is 12.1 Å². The number of primary amides is 1. The summed E-state index contributed by atoms with van der Waals surface area (Å²) in [7, 11) is 0. The Morgan fingerprint density at radius 3 is 2.83 bits per heavy atom. The first-order valence-electron chi connectivity index (χ1n) is 8.57. The van der Waals surface area contributed by atoms with Crippen LogP contribution in [0.1, 0.15) is 30.4 Å². The van der Waals surface area contributed by atoms with Crippen molar-refractivity contribution in [1.82, 2.24) is 4.90 Å². The lowest BCUT2D eigenvalue weighted by atomic mass is 9.96. The highest BCUT2D eigenvalue weighted by Gasteiger charge is 2.29. The number of hydrogen-bond donors (Lipinski definition) is 1. The van der Waals surface area contributed by atoms with E-state index in [4.69, 9.17) is 5.73 Å². The first-order valence-corrected chi connectivity index (χ1v) is 8.57. The fraction of sp³-hybridized carbons (Fsp3) is 0.556. The lowest BCUT2D eigenvalue weighted by molar-refractivity contribution is -0.133. The number of fused-ring (bicyclic) bond motifs is 1. The Morgan fingerprint density at radius 1 is 1.29 bits per heavy atom. The second kappa shape index (κ2) is 6.79. The van der Waals surface area contributed by atoms with Crippen molar-refractivity contribution in [3.63, 3.8) is 0 Å². The highest BCUT2D eigenvalue weighted by molar-refractivity contribution is 5.84. The average Bonchev–Trinajstić information content (AvgIpc) is 2.54. The minimum Gasteiger partial charge on any atom is -0.369 e. The minimum atomic E-state index is -0.331. The quantitative estimate of drug-likeness (QED) is 0.914. The molecule has 5 nitrogen and oxygen atoms in total. The zero-order valence-corrected chi connectivity index (χ0v) is 14.1. The zero-order valence-electron chi connectivity index (χ0n) is 14.1. The van der Waals surface area contributed by atoms with Crippen LogP contribution in [-0.2, 0) is 16.0 Å². The fourth-order valence-electron chi connectivity index (χ4n) is 3.88. The van der Waals surface area contributed by atoms with Crippen LogP contribution < -0.4 is 10.6 Å². The molecule has 2 aliphatic rings. The van der Waals surface area contributed by atoms with Gasteiger partial charge in [-0.05, 0) is 55.9 Å². The van der Waals surface area contributed by atoms with E-state index < -0.39 is 0 Å². The zero-order chi connectivity index (χ0) is 17.3. The van der Waals surface area contributed by atoms with Gasteiger partial charge in [0.2, 0.25) is 11.8 Å². The van der Waals surface area contributed by atoms with Crippen molar-refractivity contribution >= 4 is 17.5 Å². The number of carbonyl (C=O) groups excluding carboxylic acids is 2. The van der Waals surface area contributed by atoms with E-state index in [1.54, 1.807) is 11.0 Å². The maximum Gasteiger partial charge on any atom is 0.242 e. The minimum absolute atomic E-state index is 0.0116. The van der Waals surface area contributed by atoms with Gasteiger partial charge in [0.25, 0.3) is 0 Å². The molecule has 2 aliphatic heterocycles. The molecule has 1 fully saturated rings. The van der Waals surface area contributed by atoms with E-state index in [2.05, 4.69) is 0 Å². The fourth-order valence-corrected chi connectivity index (χ4v) is 3.88. The normalized spacial score (nSPS) is 20.7. The van der Waals surface area contributed by atoms with Gasteiger partial charge in [-0.3, -0.25) is 9.59 Å². The van der Waals surface area contributed by atoms with Gasteiger partial charge in [0.1, 0.15) is 5.82 Å². The molecule has 0 spiro atoms. The summed E-state index contributed by atoms with van der Waals surface area (Å²) in [4.78, 5) is 27.9. The van der Waals surface area contributed by atoms with E-state index in [9.17, 15) is 14.0 Å². The van der Waals surface area contributed by atoms with Gasteiger partial charge >= 0.3 is 0 Å². The van der Waals surface area contributed by atoms with Crippen molar-refractivity contribution in [2.75, 3.05) is 31.1 Å². The maximum absolute atomic E-state index is 13.6. The van der Waals surface area contributed by atoms with Gasteiger partial charge in [-0.15, -0.1) is 0 Å². The van der Waals surface area contributed by atoms with E-state index >= 15 is 0 Å². The van der Waals surface area contributed by atoms with Crippen molar-refractivity contribution in [2.45, 2.75) is 32.6 Å². The number of rotatable bonds is 3. The van der Waals surface area contributed by atoms with Gasteiger partial charge in [-0.25, -0.2) is 4.39 Å². The monoisotopic (exact) mass is 333 g/mol. The van der Waals surface area contributed by atoms with Crippen molar-refractivity contribution in [1.29, 1.82) is 0 Å². The van der Waals surface area contributed by atoms with Crippen LogP contribution in [0, 0.1) is 18.7 Å². The van der Waals surface area contributed by atoms with Gasteiger partial charge in [0.05, 0.1) is 12.5 Å². The summed E-state index contributed by atoms with van der Waals surface area (Å²) in [6.07, 6.45) is 3.31. The summed E-state index contributed by atoms with van der Waals surface area (Å²) in [5, 5.41) is 0. The van der Waals surface area contributed by atoms with Crippen molar-refractivity contribution in [3.8, 4) is 0 Å². The number of aryl methyl sites for hydroxylation is 2. The molecule has 1 aromatic carbocycles. The highest BCUT2D eigenvalue weighted by atomic mass is 19.1. The van der Waals surface area contributed by atoms with Gasteiger partial charge in [0, 0.05) is 25.3 Å². The second-order valence-electron chi connectivity index (χ2n) is 6.84. The molecular weight excluding hydrogens is 309 g/mol. The molecule has 0 bridgehead atoms. The summed E-state index contributed by atoms with van der Waals surface area (Å²) in [6.45, 7) is 4.03. The van der Waals surface area contributed by atoms with Crippen LogP contribution in [0.2, 0.25) is 0 Å². The molecule has 0 aliphatic carbocycles. The Balaban J connectivity index is 1.73. The molecule has 0 saturated carbocycles. The van der Waals surface area contributed by atoms with E-state index in [0.29, 0.717) is 13.1 Å². The molecule has 1 aromatic rings. The van der Waals surface area contributed by atoms with Crippen LogP contribution in [-0.4, -0.2) is 42.9 Å². The first kappa shape index (κ1) is 16.7. The highest BCUT2D eigenvalue weighted by Crippen LogP contribution is 2.31. The average molecular weight is 333 g/mol. The van der Waals surface area contributed by atoms with E-state index in [1.807, 2.05) is 11.8 Å². The number of likely N-dealkylation sites (tertiary alicyclic amines) is 1. The van der Waals surface area contributed by atoms with Crippen molar-refractivity contribution in [2.24, 2.45) is 11.7 Å². The Bertz CT molecular complexity index is 662. The Labute approximate surface area is 141 Å². The molecule has 1 saturated heterocycles. The summed E-state index contributed by atoms with van der Waals surface area (Å²) in [6, 6.07) is 3.09. The number of anilines is 1. The van der Waals surface area contributed by atoms with Gasteiger partial charge < -0.3 is 15.5 Å². The topological polar surface area (TPSA) is 66.6 Å². The van der Waals surface area contributed by atoms with Crippen molar-refractivity contribution in [3.05, 3.63) is 29.1 Å². The summed E-state index contributed by atoms with van der Waals surface area (Å²) >= 11 is 0. The lowest BCUT2D eigenvalue weighted by Gasteiger charge is -2.36. The second-order valence-corrected chi connectivity index (χ2v) is 6.84. The number of nitrogens with two attached hydrogens (primary N) is 1. The summed E-state index contributed by atoms with van der Waals surface area (Å²) in [5.74, 6) is -0.786. The molecule has 0 radical (unpaired) electrons. The molecule has 1 atom stereocenters. The predicted molar refractivity (Wildman–Crippen MR) is 90.2 cm³/mol. The van der Waals surface area contributed by atoms with Crippen LogP contribution in [0.4, 0.5) is 10.1 Å². The molecule has 130 valence electrons. The van der Waals surface area contributed by atoms with Crippen LogP contribution in [0.3, 0.4) is 0 Å². The van der Waals surface area contributed by atoms with Crippen LogP contribution in [0.5, 0.6) is 0 Å². The first-order chi connectivity index (χ1) is 11.5. The van der Waals surface area contributed by atoms with E-state index in [0.717, 1.165) is 49.0 Å². The number of hydrogen-bond acceptors (Lipinski definition) is 3. The number of benzene rings is 1. The van der Waals surface area contributed by atoms with E-state index in [1.165, 1.54) is 6.07 Å².